The molecular weight excluding hydrogens is 292 g/mol. The third-order valence-corrected chi connectivity index (χ3v) is 3.18. The molecule has 0 heterocycles. The molecule has 0 unspecified atom stereocenters. The van der Waals surface area contributed by atoms with Crippen LogP contribution in [-0.4, -0.2) is 24.2 Å². The number of benzene rings is 1. The fourth-order valence-electron chi connectivity index (χ4n) is 1.76. The third-order valence-electron chi connectivity index (χ3n) is 2.92. The number of carbonyl (C=O) groups is 2. The van der Waals surface area contributed by atoms with Crippen LogP contribution in [0.3, 0.4) is 0 Å². The van der Waals surface area contributed by atoms with Crippen LogP contribution in [0.25, 0.3) is 0 Å². The number of nitrogens with zero attached hydrogens (tertiary/aromatic N) is 1. The number of halogens is 1. The van der Waals surface area contributed by atoms with Gasteiger partial charge in [-0.2, -0.15) is 5.10 Å². The summed E-state index contributed by atoms with van der Waals surface area (Å²) < 4.78 is 4.97. The monoisotopic (exact) mass is 310 g/mol. The van der Waals surface area contributed by atoms with E-state index in [4.69, 9.17) is 16.3 Å². The van der Waals surface area contributed by atoms with Crippen LogP contribution in [0.5, 0.6) is 0 Å². The van der Waals surface area contributed by atoms with Gasteiger partial charge in [-0.05, 0) is 44.5 Å². The lowest BCUT2D eigenvalue weighted by Crippen LogP contribution is -2.27. The first-order valence-corrected chi connectivity index (χ1v) is 7.14. The lowest BCUT2D eigenvalue weighted by Gasteiger charge is -2.13. The van der Waals surface area contributed by atoms with E-state index in [2.05, 4.69) is 10.5 Å². The molecule has 1 N–H and O–H groups in total. The van der Waals surface area contributed by atoms with Crippen LogP contribution in [-0.2, 0) is 9.53 Å². The lowest BCUT2D eigenvalue weighted by atomic mass is 10.0. The smallest absolute Gasteiger partial charge is 0.314 e. The average Bonchev–Trinajstić information content (AvgIpc) is 2.46. The number of nitrogens with one attached hydrogen (secondary N) is 1. The van der Waals surface area contributed by atoms with E-state index in [9.17, 15) is 9.59 Å². The molecule has 0 saturated heterocycles. The highest BCUT2D eigenvalue weighted by molar-refractivity contribution is 6.30. The summed E-state index contributed by atoms with van der Waals surface area (Å²) in [5.74, 6) is -1.14. The first-order valence-electron chi connectivity index (χ1n) is 6.76. The van der Waals surface area contributed by atoms with Crippen molar-refractivity contribution in [2.75, 3.05) is 6.61 Å². The molecule has 0 fully saturated rings. The summed E-state index contributed by atoms with van der Waals surface area (Å²) >= 11 is 5.76. The normalized spacial score (nSPS) is 12.7. The van der Waals surface area contributed by atoms with Crippen molar-refractivity contribution in [2.24, 2.45) is 11.0 Å². The molecule has 0 bridgehead atoms. The van der Waals surface area contributed by atoms with Crippen LogP contribution in [0.4, 0.5) is 0 Å². The van der Waals surface area contributed by atoms with Crippen molar-refractivity contribution in [1.29, 1.82) is 0 Å². The van der Waals surface area contributed by atoms with Gasteiger partial charge in [-0.3, -0.25) is 9.59 Å². The van der Waals surface area contributed by atoms with Gasteiger partial charge in [0.05, 0.1) is 12.5 Å². The summed E-state index contributed by atoms with van der Waals surface area (Å²) in [6.07, 6.45) is 0.560. The number of hydrogen-bond acceptors (Lipinski definition) is 4. The Bertz CT molecular complexity index is 526. The second-order valence-corrected chi connectivity index (χ2v) is 4.85. The quantitative estimate of drug-likeness (QED) is 0.499. The van der Waals surface area contributed by atoms with E-state index >= 15 is 0 Å². The zero-order valence-corrected chi connectivity index (χ0v) is 13.1. The van der Waals surface area contributed by atoms with Gasteiger partial charge in [0.25, 0.3) is 5.91 Å². The summed E-state index contributed by atoms with van der Waals surface area (Å²) in [6.45, 7) is 5.62. The van der Waals surface area contributed by atoms with Crippen molar-refractivity contribution in [3.63, 3.8) is 0 Å². The van der Waals surface area contributed by atoms with E-state index in [0.29, 0.717) is 29.3 Å². The molecule has 0 aliphatic rings. The molecule has 114 valence electrons. The minimum atomic E-state index is -0.449. The van der Waals surface area contributed by atoms with Crippen molar-refractivity contribution < 1.29 is 14.3 Å². The van der Waals surface area contributed by atoms with E-state index in [0.717, 1.165) is 0 Å². The Labute approximate surface area is 129 Å². The SMILES string of the molecule is CCOC(=O)[C@H](CC)C(C)=NNC(=O)c1ccc(Cl)cc1. The number of carbonyl (C=O) groups excluding carboxylic acids is 2. The van der Waals surface area contributed by atoms with E-state index in [1.54, 1.807) is 38.1 Å². The first kappa shape index (κ1) is 17.2. The lowest BCUT2D eigenvalue weighted by molar-refractivity contribution is -0.145. The van der Waals surface area contributed by atoms with Crippen molar-refractivity contribution in [3.05, 3.63) is 34.9 Å². The maximum atomic E-state index is 11.9. The predicted molar refractivity (Wildman–Crippen MR) is 82.4 cm³/mol. The third kappa shape index (κ3) is 5.19. The number of ether oxygens (including phenoxy) is 1. The summed E-state index contributed by atoms with van der Waals surface area (Å²) in [5.41, 5.74) is 3.38. The first-order chi connectivity index (χ1) is 9.99. The molecule has 1 amide bonds. The summed E-state index contributed by atoms with van der Waals surface area (Å²) in [4.78, 5) is 23.6. The molecule has 1 aromatic carbocycles. The number of hydrazone groups is 1. The van der Waals surface area contributed by atoms with Gasteiger partial charge in [-0.15, -0.1) is 0 Å². The molecule has 0 aliphatic carbocycles. The van der Waals surface area contributed by atoms with Crippen molar-refractivity contribution in [2.45, 2.75) is 27.2 Å². The van der Waals surface area contributed by atoms with E-state index in [-0.39, 0.29) is 11.9 Å². The van der Waals surface area contributed by atoms with E-state index < -0.39 is 5.92 Å². The fourth-order valence-corrected chi connectivity index (χ4v) is 1.88. The second kappa shape index (κ2) is 8.42. The Morgan fingerprint density at radius 3 is 2.43 bits per heavy atom. The minimum absolute atomic E-state index is 0.319. The number of amides is 1. The second-order valence-electron chi connectivity index (χ2n) is 4.41. The van der Waals surface area contributed by atoms with Gasteiger partial charge in [0.15, 0.2) is 0 Å². The Kier molecular flexibility index (Phi) is 6.88. The number of hydrogen-bond donors (Lipinski definition) is 1. The topological polar surface area (TPSA) is 67.8 Å². The van der Waals surface area contributed by atoms with Gasteiger partial charge in [-0.1, -0.05) is 18.5 Å². The van der Waals surface area contributed by atoms with Gasteiger partial charge < -0.3 is 4.74 Å². The van der Waals surface area contributed by atoms with Crippen molar-refractivity contribution in [1.82, 2.24) is 5.43 Å². The molecule has 0 aromatic heterocycles. The van der Waals surface area contributed by atoms with Gasteiger partial charge in [0.1, 0.15) is 0 Å². The van der Waals surface area contributed by atoms with Crippen LogP contribution in [0.15, 0.2) is 29.4 Å². The molecule has 0 spiro atoms. The highest BCUT2D eigenvalue weighted by Gasteiger charge is 2.21. The molecule has 21 heavy (non-hydrogen) atoms. The number of esters is 1. The Morgan fingerprint density at radius 1 is 1.29 bits per heavy atom. The van der Waals surface area contributed by atoms with Crippen molar-refractivity contribution >= 4 is 29.2 Å². The van der Waals surface area contributed by atoms with Gasteiger partial charge in [-0.25, -0.2) is 5.43 Å². The zero-order valence-electron chi connectivity index (χ0n) is 12.4. The Balaban J connectivity index is 2.71. The molecule has 0 radical (unpaired) electrons. The molecule has 5 nitrogen and oxygen atoms in total. The Morgan fingerprint density at radius 2 is 1.90 bits per heavy atom. The van der Waals surface area contributed by atoms with Gasteiger partial charge in [0, 0.05) is 16.3 Å². The molecule has 1 rings (SSSR count). The van der Waals surface area contributed by atoms with Gasteiger partial charge >= 0.3 is 5.97 Å². The maximum Gasteiger partial charge on any atom is 0.314 e. The summed E-state index contributed by atoms with van der Waals surface area (Å²) in [5, 5.41) is 4.54. The minimum Gasteiger partial charge on any atom is -0.465 e. The maximum absolute atomic E-state index is 11.9. The Hall–Kier alpha value is -1.88. The van der Waals surface area contributed by atoms with E-state index in [1.807, 2.05) is 6.92 Å². The number of rotatable bonds is 6. The van der Waals surface area contributed by atoms with Crippen LogP contribution in [0, 0.1) is 5.92 Å². The molecular formula is C15H19ClN2O3. The molecule has 0 aliphatic heterocycles. The molecule has 1 atom stereocenters. The largest absolute Gasteiger partial charge is 0.465 e. The van der Waals surface area contributed by atoms with Crippen LogP contribution >= 0.6 is 11.6 Å². The fraction of sp³-hybridized carbons (Fsp3) is 0.400. The molecule has 1 aromatic rings. The van der Waals surface area contributed by atoms with Gasteiger partial charge in [0.2, 0.25) is 0 Å². The summed E-state index contributed by atoms with van der Waals surface area (Å²) in [7, 11) is 0. The van der Waals surface area contributed by atoms with Crippen molar-refractivity contribution in [3.8, 4) is 0 Å². The van der Waals surface area contributed by atoms with Crippen LogP contribution < -0.4 is 5.43 Å². The summed E-state index contributed by atoms with van der Waals surface area (Å²) in [6, 6.07) is 6.46. The molecule has 0 saturated carbocycles. The van der Waals surface area contributed by atoms with Crippen LogP contribution in [0.2, 0.25) is 5.02 Å². The van der Waals surface area contributed by atoms with E-state index in [1.165, 1.54) is 0 Å². The standard InChI is InChI=1S/C15H19ClN2O3/c1-4-13(15(20)21-5-2)10(3)17-18-14(19)11-6-8-12(16)9-7-11/h6-9,13H,4-5H2,1-3H3,(H,18,19)/t13-/m1/s1. The highest BCUT2D eigenvalue weighted by Crippen LogP contribution is 2.10. The average molecular weight is 311 g/mol. The molecule has 6 heteroatoms. The predicted octanol–water partition coefficient (Wildman–Crippen LogP) is 3.04. The van der Waals surface area contributed by atoms with Crippen LogP contribution in [0.1, 0.15) is 37.6 Å². The zero-order chi connectivity index (χ0) is 15.8. The highest BCUT2D eigenvalue weighted by atomic mass is 35.5.